The summed E-state index contributed by atoms with van der Waals surface area (Å²) in [6.45, 7) is 1.98. The third-order valence-corrected chi connectivity index (χ3v) is 3.69. The second-order valence-electron chi connectivity index (χ2n) is 5.60. The van der Waals surface area contributed by atoms with Gasteiger partial charge in [-0.3, -0.25) is 4.79 Å². The van der Waals surface area contributed by atoms with Gasteiger partial charge in [-0.25, -0.2) is 9.82 Å². The van der Waals surface area contributed by atoms with Gasteiger partial charge in [0.1, 0.15) is 23.1 Å². The topological polar surface area (TPSA) is 63.8 Å². The van der Waals surface area contributed by atoms with E-state index in [0.717, 1.165) is 12.2 Å². The summed E-state index contributed by atoms with van der Waals surface area (Å²) in [5.41, 5.74) is 2.35. The maximum atomic E-state index is 12.7. The molecule has 1 heterocycles. The zero-order valence-corrected chi connectivity index (χ0v) is 12.7. The van der Waals surface area contributed by atoms with Crippen molar-refractivity contribution in [3.8, 4) is 5.75 Å². The van der Waals surface area contributed by atoms with E-state index in [9.17, 15) is 9.18 Å². The minimum Gasteiger partial charge on any atom is -0.484 e. The van der Waals surface area contributed by atoms with Gasteiger partial charge in [0.15, 0.2) is 6.61 Å². The molecule has 23 heavy (non-hydrogen) atoms. The van der Waals surface area contributed by atoms with E-state index in [1.807, 2.05) is 12.1 Å². The van der Waals surface area contributed by atoms with E-state index < -0.39 is 5.91 Å². The van der Waals surface area contributed by atoms with E-state index in [0.29, 0.717) is 23.3 Å². The molecule has 1 saturated carbocycles. The number of ether oxygens (including phenoxy) is 1. The maximum Gasteiger partial charge on any atom is 0.277 e. The predicted octanol–water partition coefficient (Wildman–Crippen LogP) is 3.07. The molecule has 2 atom stereocenters. The minimum absolute atomic E-state index is 0.202. The van der Waals surface area contributed by atoms with Crippen LogP contribution in [-0.2, 0) is 4.79 Å². The van der Waals surface area contributed by atoms with Gasteiger partial charge < -0.3 is 9.15 Å². The molecule has 1 fully saturated rings. The summed E-state index contributed by atoms with van der Waals surface area (Å²) in [7, 11) is 0. The van der Waals surface area contributed by atoms with Crippen molar-refractivity contribution in [2.45, 2.75) is 19.3 Å². The Hall–Kier alpha value is -2.63. The number of hydrogen-bond acceptors (Lipinski definition) is 4. The summed E-state index contributed by atoms with van der Waals surface area (Å²) < 4.78 is 23.6. The Morgan fingerprint density at radius 1 is 1.39 bits per heavy atom. The Labute approximate surface area is 133 Å². The molecule has 6 heteroatoms. The highest BCUT2D eigenvalue weighted by Crippen LogP contribution is 2.47. The molecule has 5 nitrogen and oxygen atoms in total. The van der Waals surface area contributed by atoms with E-state index >= 15 is 0 Å². The summed E-state index contributed by atoms with van der Waals surface area (Å²) in [5.74, 6) is 2.40. The lowest BCUT2D eigenvalue weighted by Crippen LogP contribution is -2.24. The van der Waals surface area contributed by atoms with Crippen molar-refractivity contribution in [3.05, 3.63) is 53.7 Å². The van der Waals surface area contributed by atoms with Gasteiger partial charge in [0, 0.05) is 5.92 Å². The summed E-state index contributed by atoms with van der Waals surface area (Å²) in [5, 5.41) is 3.82. The van der Waals surface area contributed by atoms with Gasteiger partial charge in [0.2, 0.25) is 0 Å². The van der Waals surface area contributed by atoms with Gasteiger partial charge in [-0.2, -0.15) is 5.10 Å². The molecular formula is C17H17FN2O3. The Morgan fingerprint density at radius 2 is 2.13 bits per heavy atom. The van der Waals surface area contributed by atoms with Crippen LogP contribution in [0.1, 0.15) is 30.8 Å². The van der Waals surface area contributed by atoms with Gasteiger partial charge in [0.05, 0.1) is 6.21 Å². The zero-order valence-electron chi connectivity index (χ0n) is 12.7. The van der Waals surface area contributed by atoms with Crippen molar-refractivity contribution >= 4 is 12.1 Å². The van der Waals surface area contributed by atoms with Crippen LogP contribution in [0.4, 0.5) is 4.39 Å². The van der Waals surface area contributed by atoms with Gasteiger partial charge in [0.25, 0.3) is 5.91 Å². The summed E-state index contributed by atoms with van der Waals surface area (Å²) in [4.78, 5) is 11.6. The average molecular weight is 316 g/mol. The number of amides is 1. The summed E-state index contributed by atoms with van der Waals surface area (Å²) in [6.07, 6.45) is 2.61. The maximum absolute atomic E-state index is 12.7. The number of rotatable bonds is 6. The van der Waals surface area contributed by atoms with Crippen molar-refractivity contribution < 1.29 is 18.3 Å². The van der Waals surface area contributed by atoms with Crippen molar-refractivity contribution in [3.63, 3.8) is 0 Å². The third-order valence-electron chi connectivity index (χ3n) is 3.69. The normalized spacial score (nSPS) is 19.7. The largest absolute Gasteiger partial charge is 0.484 e. The molecule has 1 aliphatic carbocycles. The quantitative estimate of drug-likeness (QED) is 0.658. The summed E-state index contributed by atoms with van der Waals surface area (Å²) in [6, 6.07) is 9.20. The first-order valence-corrected chi connectivity index (χ1v) is 7.42. The molecule has 1 aromatic carbocycles. The molecular weight excluding hydrogens is 299 g/mol. The van der Waals surface area contributed by atoms with Gasteiger partial charge in [-0.1, -0.05) is 6.92 Å². The Balaban J connectivity index is 1.43. The first-order chi connectivity index (χ1) is 11.1. The second-order valence-corrected chi connectivity index (χ2v) is 5.60. The van der Waals surface area contributed by atoms with Crippen LogP contribution in [0.2, 0.25) is 0 Å². The van der Waals surface area contributed by atoms with Crippen LogP contribution in [0.15, 0.2) is 45.9 Å². The number of benzene rings is 1. The number of nitrogens with zero attached hydrogens (tertiary/aromatic N) is 1. The first kappa shape index (κ1) is 15.3. The van der Waals surface area contributed by atoms with E-state index in [4.69, 9.17) is 9.15 Å². The zero-order chi connectivity index (χ0) is 16.2. The van der Waals surface area contributed by atoms with Crippen LogP contribution >= 0.6 is 0 Å². The highest BCUT2D eigenvalue weighted by atomic mass is 19.1. The molecule has 1 amide bonds. The van der Waals surface area contributed by atoms with Crippen LogP contribution in [-0.4, -0.2) is 18.7 Å². The van der Waals surface area contributed by atoms with Gasteiger partial charge in [-0.15, -0.1) is 0 Å². The SMILES string of the molecule is C[C@@H]1C[C@@H]1c1ccc(/C=N\NC(=O)COc2ccc(F)cc2)o1. The van der Waals surface area contributed by atoms with Gasteiger partial charge in [-0.05, 0) is 48.7 Å². The van der Waals surface area contributed by atoms with E-state index in [-0.39, 0.29) is 12.4 Å². The molecule has 0 saturated heterocycles. The highest BCUT2D eigenvalue weighted by Gasteiger charge is 2.36. The van der Waals surface area contributed by atoms with Crippen LogP contribution < -0.4 is 10.2 Å². The molecule has 1 aliphatic rings. The lowest BCUT2D eigenvalue weighted by Gasteiger charge is -2.04. The predicted molar refractivity (Wildman–Crippen MR) is 82.9 cm³/mol. The van der Waals surface area contributed by atoms with Crippen LogP contribution in [0.3, 0.4) is 0 Å². The number of halogens is 1. The first-order valence-electron chi connectivity index (χ1n) is 7.42. The van der Waals surface area contributed by atoms with Crippen molar-refractivity contribution in [1.82, 2.24) is 5.43 Å². The highest BCUT2D eigenvalue weighted by molar-refractivity contribution is 5.81. The number of hydrogen-bond donors (Lipinski definition) is 1. The lowest BCUT2D eigenvalue weighted by atomic mass is 10.3. The molecule has 0 radical (unpaired) electrons. The fraction of sp³-hybridized carbons (Fsp3) is 0.294. The number of nitrogens with one attached hydrogen (secondary N) is 1. The van der Waals surface area contributed by atoms with E-state index in [1.165, 1.54) is 30.5 Å². The molecule has 2 aromatic rings. The second kappa shape index (κ2) is 6.64. The number of furan rings is 1. The molecule has 0 aliphatic heterocycles. The fourth-order valence-corrected chi connectivity index (χ4v) is 2.24. The van der Waals surface area contributed by atoms with Gasteiger partial charge >= 0.3 is 0 Å². The Morgan fingerprint density at radius 3 is 2.83 bits per heavy atom. The molecule has 0 unspecified atom stereocenters. The summed E-state index contributed by atoms with van der Waals surface area (Å²) >= 11 is 0. The lowest BCUT2D eigenvalue weighted by molar-refractivity contribution is -0.123. The fourth-order valence-electron chi connectivity index (χ4n) is 2.24. The number of carbonyl (C=O) groups is 1. The molecule has 0 bridgehead atoms. The van der Waals surface area contributed by atoms with E-state index in [2.05, 4.69) is 17.5 Å². The van der Waals surface area contributed by atoms with Crippen molar-refractivity contribution in [2.75, 3.05) is 6.61 Å². The smallest absolute Gasteiger partial charge is 0.277 e. The number of carbonyl (C=O) groups excluding carboxylic acids is 1. The monoisotopic (exact) mass is 316 g/mol. The standard InChI is InChI=1S/C17H17FN2O3/c1-11-8-15(11)16-7-6-14(23-16)9-19-20-17(21)10-22-13-4-2-12(18)3-5-13/h2-7,9,11,15H,8,10H2,1H3,(H,20,21)/b19-9-/t11-,15+/m1/s1. The molecule has 0 spiro atoms. The van der Waals surface area contributed by atoms with E-state index in [1.54, 1.807) is 0 Å². The molecule has 1 aromatic heterocycles. The Bertz CT molecular complexity index is 709. The van der Waals surface area contributed by atoms with Crippen molar-refractivity contribution in [2.24, 2.45) is 11.0 Å². The van der Waals surface area contributed by atoms with Crippen LogP contribution in [0.25, 0.3) is 0 Å². The number of hydrazone groups is 1. The van der Waals surface area contributed by atoms with Crippen molar-refractivity contribution in [1.29, 1.82) is 0 Å². The molecule has 3 rings (SSSR count). The van der Waals surface area contributed by atoms with Crippen LogP contribution in [0.5, 0.6) is 5.75 Å². The third kappa shape index (κ3) is 4.18. The Kier molecular flexibility index (Phi) is 4.41. The molecule has 1 N–H and O–H groups in total. The average Bonchev–Trinajstić information content (AvgIpc) is 3.08. The molecule has 120 valence electrons. The minimum atomic E-state index is -0.409. The van der Waals surface area contributed by atoms with Crippen LogP contribution in [0, 0.1) is 11.7 Å².